The predicted octanol–water partition coefficient (Wildman–Crippen LogP) is 0.901. The molecule has 36 heavy (non-hydrogen) atoms. The van der Waals surface area contributed by atoms with Crippen LogP contribution in [0.25, 0.3) is 11.2 Å². The second-order valence-corrected chi connectivity index (χ2v) is 8.88. The smallest absolute Gasteiger partial charge is 0.261 e. The van der Waals surface area contributed by atoms with Crippen molar-refractivity contribution in [2.45, 2.75) is 50.2 Å². The van der Waals surface area contributed by atoms with Crippen LogP contribution < -0.4 is 5.73 Å². The number of imide groups is 1. The van der Waals surface area contributed by atoms with E-state index in [2.05, 4.69) is 15.0 Å². The fourth-order valence-corrected chi connectivity index (χ4v) is 4.75. The fourth-order valence-electron chi connectivity index (χ4n) is 4.75. The monoisotopic (exact) mass is 496 g/mol. The molecule has 0 aliphatic carbocycles. The van der Waals surface area contributed by atoms with E-state index < -0.39 is 24.5 Å². The Labute approximate surface area is 206 Å². The highest BCUT2D eigenvalue weighted by Crippen LogP contribution is 2.33. The Hall–Kier alpha value is -3.45. The first-order chi connectivity index (χ1) is 17.5. The van der Waals surface area contributed by atoms with Crippen molar-refractivity contribution < 1.29 is 29.3 Å². The lowest BCUT2D eigenvalue weighted by atomic mass is 10.1. The third-order valence-electron chi connectivity index (χ3n) is 6.62. The van der Waals surface area contributed by atoms with Gasteiger partial charge in [0.1, 0.15) is 30.2 Å². The molecule has 0 saturated carbocycles. The van der Waals surface area contributed by atoms with E-state index in [1.165, 1.54) is 17.6 Å². The van der Waals surface area contributed by atoms with E-state index >= 15 is 0 Å². The molecule has 1 unspecified atom stereocenters. The number of carbonyl (C=O) groups excluding carboxylic acids is 2. The van der Waals surface area contributed by atoms with Gasteiger partial charge < -0.3 is 25.4 Å². The quantitative estimate of drug-likeness (QED) is 0.271. The summed E-state index contributed by atoms with van der Waals surface area (Å²) in [6, 6.07) is 6.87. The molecule has 4 heterocycles. The van der Waals surface area contributed by atoms with Crippen LogP contribution in [0.15, 0.2) is 36.9 Å². The number of aliphatic hydroxyl groups is 2. The average molecular weight is 497 g/mol. The molecule has 2 amide bonds. The summed E-state index contributed by atoms with van der Waals surface area (Å²) in [7, 11) is 0. The summed E-state index contributed by atoms with van der Waals surface area (Å²) < 4.78 is 13.3. The Morgan fingerprint density at radius 3 is 2.47 bits per heavy atom. The minimum absolute atomic E-state index is 0.223. The molecule has 1 saturated heterocycles. The highest BCUT2D eigenvalue weighted by atomic mass is 16.6. The van der Waals surface area contributed by atoms with Crippen molar-refractivity contribution in [3.8, 4) is 0 Å². The number of amides is 2. The molecule has 2 aliphatic rings. The van der Waals surface area contributed by atoms with E-state index in [1.807, 2.05) is 0 Å². The van der Waals surface area contributed by atoms with Crippen LogP contribution in [0.3, 0.4) is 0 Å². The van der Waals surface area contributed by atoms with Crippen LogP contribution in [0, 0.1) is 0 Å². The number of imidazole rings is 1. The minimum atomic E-state index is -1.05. The zero-order valence-corrected chi connectivity index (χ0v) is 19.6. The molecule has 2 aromatic heterocycles. The number of unbranched alkanes of at least 4 members (excludes halogenated alkanes) is 3. The molecule has 4 N–H and O–H groups in total. The van der Waals surface area contributed by atoms with Gasteiger partial charge in [-0.25, -0.2) is 15.0 Å². The summed E-state index contributed by atoms with van der Waals surface area (Å²) in [5.74, 6) is -0.252. The van der Waals surface area contributed by atoms with Crippen molar-refractivity contribution in [2.24, 2.45) is 0 Å². The maximum Gasteiger partial charge on any atom is 0.261 e. The molecular weight excluding hydrogens is 468 g/mol. The number of nitrogens with zero attached hydrogens (tertiary/aromatic N) is 5. The van der Waals surface area contributed by atoms with Crippen LogP contribution >= 0.6 is 0 Å². The summed E-state index contributed by atoms with van der Waals surface area (Å²) in [6.07, 6.45) is 2.49. The van der Waals surface area contributed by atoms with E-state index in [-0.39, 0.29) is 24.2 Å². The maximum absolute atomic E-state index is 12.4. The Kier molecular flexibility index (Phi) is 6.92. The van der Waals surface area contributed by atoms with Gasteiger partial charge >= 0.3 is 0 Å². The van der Waals surface area contributed by atoms with E-state index in [0.717, 1.165) is 12.8 Å². The summed E-state index contributed by atoms with van der Waals surface area (Å²) in [4.78, 5) is 38.4. The number of nitrogen functional groups attached to an aromatic ring is 1. The fraction of sp³-hybridized carbons (Fsp3) is 0.458. The van der Waals surface area contributed by atoms with Crippen molar-refractivity contribution in [1.29, 1.82) is 0 Å². The van der Waals surface area contributed by atoms with Crippen LogP contribution in [0.1, 0.15) is 52.6 Å². The first kappa shape index (κ1) is 24.3. The lowest BCUT2D eigenvalue weighted by Crippen LogP contribution is -2.36. The lowest BCUT2D eigenvalue weighted by Gasteiger charge is -2.20. The van der Waals surface area contributed by atoms with Crippen molar-refractivity contribution in [3.05, 3.63) is 48.0 Å². The largest absolute Gasteiger partial charge is 0.394 e. The number of rotatable bonds is 10. The van der Waals surface area contributed by atoms with Crippen LogP contribution in [0.5, 0.6) is 0 Å². The van der Waals surface area contributed by atoms with Gasteiger partial charge in [0.2, 0.25) is 0 Å². The Morgan fingerprint density at radius 2 is 1.75 bits per heavy atom. The molecule has 1 fully saturated rings. The van der Waals surface area contributed by atoms with E-state index in [0.29, 0.717) is 48.3 Å². The molecule has 5 rings (SSSR count). The molecule has 3 aromatic rings. The number of aromatic nitrogens is 4. The molecule has 0 radical (unpaired) electrons. The van der Waals surface area contributed by atoms with E-state index in [4.69, 9.17) is 15.2 Å². The second-order valence-electron chi connectivity index (χ2n) is 8.88. The predicted molar refractivity (Wildman–Crippen MR) is 127 cm³/mol. The number of fused-ring (bicyclic) bond motifs is 2. The van der Waals surface area contributed by atoms with Crippen molar-refractivity contribution >= 4 is 28.8 Å². The molecule has 1 aromatic carbocycles. The number of anilines is 1. The van der Waals surface area contributed by atoms with E-state index in [9.17, 15) is 19.8 Å². The van der Waals surface area contributed by atoms with Crippen LogP contribution in [-0.2, 0) is 9.47 Å². The highest BCUT2D eigenvalue weighted by molar-refractivity contribution is 6.21. The first-order valence-corrected chi connectivity index (χ1v) is 12.0. The zero-order valence-electron chi connectivity index (χ0n) is 19.6. The number of carbonyl (C=O) groups is 2. The van der Waals surface area contributed by atoms with Gasteiger partial charge in [0.25, 0.3) is 11.8 Å². The van der Waals surface area contributed by atoms with Gasteiger partial charge in [-0.1, -0.05) is 25.0 Å². The summed E-state index contributed by atoms with van der Waals surface area (Å²) >= 11 is 0. The maximum atomic E-state index is 12.4. The average Bonchev–Trinajstić information content (AvgIpc) is 3.53. The van der Waals surface area contributed by atoms with Crippen molar-refractivity contribution in [2.75, 3.05) is 25.5 Å². The van der Waals surface area contributed by atoms with Crippen LogP contribution in [-0.4, -0.2) is 84.5 Å². The van der Waals surface area contributed by atoms with Gasteiger partial charge in [-0.15, -0.1) is 0 Å². The van der Waals surface area contributed by atoms with E-state index in [1.54, 1.807) is 28.8 Å². The minimum Gasteiger partial charge on any atom is -0.394 e. The first-order valence-electron chi connectivity index (χ1n) is 12.0. The van der Waals surface area contributed by atoms with Gasteiger partial charge in [-0.3, -0.25) is 19.1 Å². The Balaban J connectivity index is 1.08. The Morgan fingerprint density at radius 1 is 1.03 bits per heavy atom. The molecule has 4 atom stereocenters. The standard InChI is InChI=1S/C24H28N6O6/c25-20-17-21(27-12-26-20)30(13-28-17)24-18(32)19(16(11-31)36-24)35-10-6-2-1-5-9-29-22(33)14-7-3-4-8-15(14)23(29)34/h3-4,7-8,12-13,16,18-19,24,31-32H,1-2,5-6,9-11H2,(H2,25,26,27)/t16-,18?,19+,24-/m1/s1. The molecule has 2 aliphatic heterocycles. The van der Waals surface area contributed by atoms with Gasteiger partial charge in [0.05, 0.1) is 24.1 Å². The number of aliphatic hydroxyl groups excluding tert-OH is 2. The summed E-state index contributed by atoms with van der Waals surface area (Å²) in [5, 5.41) is 20.6. The van der Waals surface area contributed by atoms with Gasteiger partial charge in [-0.2, -0.15) is 0 Å². The van der Waals surface area contributed by atoms with Crippen LogP contribution in [0.4, 0.5) is 5.82 Å². The summed E-state index contributed by atoms with van der Waals surface area (Å²) in [5.41, 5.74) is 7.58. The van der Waals surface area contributed by atoms with Crippen molar-refractivity contribution in [1.82, 2.24) is 24.4 Å². The lowest BCUT2D eigenvalue weighted by molar-refractivity contribution is -0.0609. The normalized spacial score (nSPS) is 23.7. The number of ether oxygens (including phenoxy) is 2. The molecule has 12 nitrogen and oxygen atoms in total. The van der Waals surface area contributed by atoms with Gasteiger partial charge in [0.15, 0.2) is 17.7 Å². The highest BCUT2D eigenvalue weighted by Gasteiger charge is 2.45. The SMILES string of the molecule is Nc1ncnc2c1ncn2[C@@H]1O[C@H](CO)[C@H](OCCCCCCN2C(=O)c3ccccc3C2=O)C1O. The second kappa shape index (κ2) is 10.3. The van der Waals surface area contributed by atoms with Gasteiger partial charge in [0, 0.05) is 13.2 Å². The molecular formula is C24H28N6O6. The Bertz CT molecular complexity index is 1230. The topological polar surface area (TPSA) is 166 Å². The third kappa shape index (κ3) is 4.32. The third-order valence-corrected chi connectivity index (χ3v) is 6.62. The van der Waals surface area contributed by atoms with Crippen molar-refractivity contribution in [3.63, 3.8) is 0 Å². The van der Waals surface area contributed by atoms with Gasteiger partial charge in [-0.05, 0) is 25.0 Å². The molecule has 12 heteroatoms. The number of nitrogens with two attached hydrogens (primary N) is 1. The summed E-state index contributed by atoms with van der Waals surface area (Å²) in [6.45, 7) is 0.424. The molecule has 190 valence electrons. The molecule has 0 spiro atoms. The number of hydrogen-bond donors (Lipinski definition) is 3. The number of benzene rings is 1. The zero-order chi connectivity index (χ0) is 25.2. The van der Waals surface area contributed by atoms with Crippen LogP contribution in [0.2, 0.25) is 0 Å². The number of hydrogen-bond acceptors (Lipinski definition) is 10. The molecule has 0 bridgehead atoms.